The molecule has 2 rings (SSSR count). The fraction of sp³-hybridized carbons (Fsp3) is 0.462. The van der Waals surface area contributed by atoms with Gasteiger partial charge in [-0.3, -0.25) is 0 Å². The number of aliphatic hydroxyl groups is 1. The highest BCUT2D eigenvalue weighted by Gasteiger charge is 2.08. The summed E-state index contributed by atoms with van der Waals surface area (Å²) in [6.45, 7) is 2.70. The van der Waals surface area contributed by atoms with Gasteiger partial charge in [-0.25, -0.2) is 4.98 Å². The van der Waals surface area contributed by atoms with Gasteiger partial charge in [-0.15, -0.1) is 0 Å². The summed E-state index contributed by atoms with van der Waals surface area (Å²) in [7, 11) is 1.56. The van der Waals surface area contributed by atoms with Crippen molar-refractivity contribution >= 4 is 5.82 Å². The summed E-state index contributed by atoms with van der Waals surface area (Å²) in [5.74, 6) is 1.75. The molecule has 0 aliphatic carbocycles. The van der Waals surface area contributed by atoms with E-state index in [1.54, 1.807) is 26.3 Å². The van der Waals surface area contributed by atoms with Gasteiger partial charge in [0.2, 0.25) is 0 Å². The third kappa shape index (κ3) is 4.01. The van der Waals surface area contributed by atoms with Crippen molar-refractivity contribution in [1.29, 1.82) is 0 Å². The van der Waals surface area contributed by atoms with Gasteiger partial charge >= 0.3 is 0 Å². The number of hydrogen-bond donors (Lipinski definition) is 2. The molecular formula is C13H18N4O3. The number of aryl methyl sites for hydroxylation is 1. The third-order valence-corrected chi connectivity index (χ3v) is 2.68. The molecule has 0 spiro atoms. The minimum Gasteiger partial charge on any atom is -0.391 e. The molecule has 2 aromatic heterocycles. The number of aromatic nitrogens is 3. The highest BCUT2D eigenvalue weighted by Crippen LogP contribution is 2.19. The highest BCUT2D eigenvalue weighted by molar-refractivity contribution is 5.57. The van der Waals surface area contributed by atoms with Gasteiger partial charge in [-0.2, -0.15) is 4.98 Å². The molecule has 0 aliphatic heterocycles. The maximum Gasteiger partial charge on any atom is 0.258 e. The van der Waals surface area contributed by atoms with Crippen LogP contribution in [0.3, 0.4) is 0 Å². The molecular weight excluding hydrogens is 260 g/mol. The second-order valence-corrected chi connectivity index (χ2v) is 4.40. The van der Waals surface area contributed by atoms with E-state index >= 15 is 0 Å². The van der Waals surface area contributed by atoms with Gasteiger partial charge in [0.25, 0.3) is 5.89 Å². The van der Waals surface area contributed by atoms with E-state index in [1.807, 2.05) is 6.07 Å². The first-order valence-corrected chi connectivity index (χ1v) is 6.36. The number of hydrogen-bond acceptors (Lipinski definition) is 7. The zero-order valence-electron chi connectivity index (χ0n) is 11.5. The molecule has 7 nitrogen and oxygen atoms in total. The van der Waals surface area contributed by atoms with Gasteiger partial charge < -0.3 is 19.7 Å². The molecule has 0 fully saturated rings. The van der Waals surface area contributed by atoms with E-state index in [4.69, 9.17) is 9.26 Å². The summed E-state index contributed by atoms with van der Waals surface area (Å²) in [5.41, 5.74) is 0.806. The van der Waals surface area contributed by atoms with Crippen molar-refractivity contribution in [2.24, 2.45) is 0 Å². The SMILES string of the molecule is COCC(O)CCNc1cc(-c2nc(C)no2)ccn1. The van der Waals surface area contributed by atoms with Crippen LogP contribution in [0.1, 0.15) is 12.2 Å². The molecule has 0 aromatic carbocycles. The van der Waals surface area contributed by atoms with Crippen molar-refractivity contribution in [3.8, 4) is 11.5 Å². The molecule has 0 radical (unpaired) electrons. The molecule has 108 valence electrons. The zero-order valence-corrected chi connectivity index (χ0v) is 11.5. The summed E-state index contributed by atoms with van der Waals surface area (Å²) >= 11 is 0. The second kappa shape index (κ2) is 6.97. The van der Waals surface area contributed by atoms with E-state index in [9.17, 15) is 5.11 Å². The van der Waals surface area contributed by atoms with E-state index in [2.05, 4.69) is 20.4 Å². The van der Waals surface area contributed by atoms with Crippen LogP contribution in [0.25, 0.3) is 11.5 Å². The van der Waals surface area contributed by atoms with Crippen LogP contribution in [0.2, 0.25) is 0 Å². The Morgan fingerprint density at radius 3 is 3.05 bits per heavy atom. The number of nitrogens with one attached hydrogen (secondary N) is 1. The molecule has 0 bridgehead atoms. The first kappa shape index (κ1) is 14.4. The fourth-order valence-corrected chi connectivity index (χ4v) is 1.72. The molecule has 0 amide bonds. The molecule has 20 heavy (non-hydrogen) atoms. The van der Waals surface area contributed by atoms with Crippen molar-refractivity contribution in [3.05, 3.63) is 24.2 Å². The first-order chi connectivity index (χ1) is 9.69. The summed E-state index contributed by atoms with van der Waals surface area (Å²) in [6, 6.07) is 3.63. The van der Waals surface area contributed by atoms with Crippen molar-refractivity contribution in [2.45, 2.75) is 19.4 Å². The number of ether oxygens (including phenoxy) is 1. The Kier molecular flexibility index (Phi) is 5.03. The van der Waals surface area contributed by atoms with Gasteiger partial charge in [0.05, 0.1) is 12.7 Å². The van der Waals surface area contributed by atoms with E-state index in [-0.39, 0.29) is 0 Å². The highest BCUT2D eigenvalue weighted by atomic mass is 16.5. The van der Waals surface area contributed by atoms with Gasteiger partial charge in [0, 0.05) is 25.4 Å². The van der Waals surface area contributed by atoms with E-state index in [1.165, 1.54) is 0 Å². The topological polar surface area (TPSA) is 93.3 Å². The molecule has 1 atom stereocenters. The van der Waals surface area contributed by atoms with Gasteiger partial charge in [0.1, 0.15) is 5.82 Å². The lowest BCUT2D eigenvalue weighted by molar-refractivity contribution is 0.0615. The molecule has 0 saturated carbocycles. The number of rotatable bonds is 7. The Morgan fingerprint density at radius 2 is 2.35 bits per heavy atom. The van der Waals surface area contributed by atoms with Gasteiger partial charge in [-0.1, -0.05) is 5.16 Å². The molecule has 0 saturated heterocycles. The maximum absolute atomic E-state index is 9.54. The monoisotopic (exact) mass is 278 g/mol. The molecule has 7 heteroatoms. The van der Waals surface area contributed by atoms with Crippen LogP contribution in [0, 0.1) is 6.92 Å². The van der Waals surface area contributed by atoms with Gasteiger partial charge in [-0.05, 0) is 25.5 Å². The van der Waals surface area contributed by atoms with E-state index < -0.39 is 6.10 Å². The fourth-order valence-electron chi connectivity index (χ4n) is 1.72. The summed E-state index contributed by atoms with van der Waals surface area (Å²) < 4.78 is 9.97. The van der Waals surface area contributed by atoms with Crippen LogP contribution >= 0.6 is 0 Å². The van der Waals surface area contributed by atoms with Crippen molar-refractivity contribution in [1.82, 2.24) is 15.1 Å². The minimum absolute atomic E-state index is 0.330. The first-order valence-electron chi connectivity index (χ1n) is 6.36. The largest absolute Gasteiger partial charge is 0.391 e. The van der Waals surface area contributed by atoms with E-state index in [0.29, 0.717) is 37.1 Å². The summed E-state index contributed by atoms with van der Waals surface area (Å²) in [5, 5.41) is 16.4. The van der Waals surface area contributed by atoms with Crippen LogP contribution in [0.4, 0.5) is 5.82 Å². The van der Waals surface area contributed by atoms with Crippen molar-refractivity contribution in [2.75, 3.05) is 25.6 Å². The predicted molar refractivity (Wildman–Crippen MR) is 73.3 cm³/mol. The van der Waals surface area contributed by atoms with Crippen molar-refractivity contribution < 1.29 is 14.4 Å². The quantitative estimate of drug-likeness (QED) is 0.787. The van der Waals surface area contributed by atoms with Crippen LogP contribution in [0.15, 0.2) is 22.9 Å². The van der Waals surface area contributed by atoms with Crippen LogP contribution in [-0.2, 0) is 4.74 Å². The summed E-state index contributed by atoms with van der Waals surface area (Å²) in [6.07, 6.45) is 1.77. The number of nitrogens with zero attached hydrogens (tertiary/aromatic N) is 3. The van der Waals surface area contributed by atoms with Gasteiger partial charge in [0.15, 0.2) is 5.82 Å². The Balaban J connectivity index is 1.93. The average Bonchev–Trinajstić information content (AvgIpc) is 2.86. The number of aliphatic hydroxyl groups excluding tert-OH is 1. The molecule has 1 unspecified atom stereocenters. The zero-order chi connectivity index (χ0) is 14.4. The molecule has 2 aromatic rings. The Labute approximate surface area is 117 Å². The predicted octanol–water partition coefficient (Wildman–Crippen LogP) is 1.25. The van der Waals surface area contributed by atoms with Crippen LogP contribution in [-0.4, -0.2) is 46.6 Å². The average molecular weight is 278 g/mol. The smallest absolute Gasteiger partial charge is 0.258 e. The van der Waals surface area contributed by atoms with E-state index in [0.717, 1.165) is 5.56 Å². The van der Waals surface area contributed by atoms with Crippen molar-refractivity contribution in [3.63, 3.8) is 0 Å². The molecule has 0 aliphatic rings. The lowest BCUT2D eigenvalue weighted by atomic mass is 10.2. The Morgan fingerprint density at radius 1 is 1.50 bits per heavy atom. The second-order valence-electron chi connectivity index (χ2n) is 4.40. The van der Waals surface area contributed by atoms with Crippen LogP contribution in [0.5, 0.6) is 0 Å². The molecule has 2 N–H and O–H groups in total. The third-order valence-electron chi connectivity index (χ3n) is 2.68. The summed E-state index contributed by atoms with van der Waals surface area (Å²) in [4.78, 5) is 8.37. The molecule has 2 heterocycles. The number of anilines is 1. The normalized spacial score (nSPS) is 12.3. The standard InChI is InChI=1S/C13H18N4O3/c1-9-16-13(20-17-9)10-3-5-14-12(7-10)15-6-4-11(18)8-19-2/h3,5,7,11,18H,4,6,8H2,1-2H3,(H,14,15). The number of pyridine rings is 1. The maximum atomic E-state index is 9.54. The number of methoxy groups -OCH3 is 1. The van der Waals surface area contributed by atoms with Crippen LogP contribution < -0.4 is 5.32 Å². The lowest BCUT2D eigenvalue weighted by Gasteiger charge is -2.10. The lowest BCUT2D eigenvalue weighted by Crippen LogP contribution is -2.18. The minimum atomic E-state index is -0.478. The Hall–Kier alpha value is -1.99. The Bertz CT molecular complexity index is 544.